The molecule has 9 nitrogen and oxygen atoms in total. The predicted octanol–water partition coefficient (Wildman–Crippen LogP) is 3.45. The topological polar surface area (TPSA) is 147 Å². The monoisotopic (exact) mass is 650 g/mol. The highest BCUT2D eigenvalue weighted by Gasteiger charge is 2.48. The molecule has 0 bridgehead atoms. The minimum Gasteiger partial charge on any atom is -0.393 e. The van der Waals surface area contributed by atoms with Crippen molar-refractivity contribution in [3.05, 3.63) is 107 Å². The molecular weight excluding hydrogens is 611 g/mol. The van der Waals surface area contributed by atoms with Gasteiger partial charge in [0, 0.05) is 24.2 Å². The van der Waals surface area contributed by atoms with Crippen molar-refractivity contribution in [2.24, 2.45) is 5.92 Å². The molecule has 1 aliphatic rings. The maximum absolute atomic E-state index is 13.5. The van der Waals surface area contributed by atoms with E-state index in [1.54, 1.807) is 11.0 Å². The fraction of sp³-hybridized carbons (Fsp3) is 0.343. The number of carbonyl (C=O) groups is 1. The van der Waals surface area contributed by atoms with Crippen LogP contribution in [0.1, 0.15) is 60.1 Å². The average Bonchev–Trinajstić information content (AvgIpc) is 3.04. The number of amides is 1. The fourth-order valence-electron chi connectivity index (χ4n) is 5.20. The number of aliphatic hydroxyl groups excluding tert-OH is 3. The molecule has 0 aromatic heterocycles. The molecule has 0 aliphatic carbocycles. The first-order valence-electron chi connectivity index (χ1n) is 15.0. The van der Waals surface area contributed by atoms with E-state index >= 15 is 0 Å². The number of hydrogen-bond acceptors (Lipinski definition) is 7. The van der Waals surface area contributed by atoms with Gasteiger partial charge in [0.25, 0.3) is 0 Å². The summed E-state index contributed by atoms with van der Waals surface area (Å²) >= 11 is 0. The fourth-order valence-corrected chi connectivity index (χ4v) is 5.72. The largest absolute Gasteiger partial charge is 0.393 e. The van der Waals surface area contributed by atoms with Gasteiger partial charge in [0.1, 0.15) is 11.4 Å². The van der Waals surface area contributed by atoms with Crippen LogP contribution in [0.5, 0.6) is 0 Å². The van der Waals surface area contributed by atoms with Crippen molar-refractivity contribution in [2.75, 3.05) is 30.9 Å². The standard InChI is InChI=1S/C35H39FN2O7S/c1-46(44,45)37-22-4-2-3-5-25-8-16-30(17-9-25)38-33(28-10-6-26(7-11-28)20-21-35(43,23-39)24-40)31(34(38)42)18-19-32(41)27-12-14-29(36)15-13-27/h6-17,20-21,31-33,37,39-41,43H,2,4,18-19,22-24H2,1H3/b21-20+/t31-,32+,33-/m1/s1. The maximum atomic E-state index is 13.5. The minimum atomic E-state index is -3.23. The van der Waals surface area contributed by atoms with Crippen LogP contribution in [0.25, 0.3) is 6.08 Å². The Kier molecular flexibility index (Phi) is 11.9. The molecule has 1 saturated heterocycles. The molecule has 3 atom stereocenters. The van der Waals surface area contributed by atoms with Crippen LogP contribution in [0, 0.1) is 23.6 Å². The van der Waals surface area contributed by atoms with Crippen LogP contribution in [0.2, 0.25) is 0 Å². The number of halogens is 1. The van der Waals surface area contributed by atoms with Crippen LogP contribution in [0.4, 0.5) is 10.1 Å². The molecule has 1 amide bonds. The van der Waals surface area contributed by atoms with Gasteiger partial charge in [-0.1, -0.05) is 54.3 Å². The molecule has 46 heavy (non-hydrogen) atoms. The summed E-state index contributed by atoms with van der Waals surface area (Å²) in [7, 11) is -3.23. The van der Waals surface area contributed by atoms with Crippen molar-refractivity contribution in [2.45, 2.75) is 43.4 Å². The van der Waals surface area contributed by atoms with Gasteiger partial charge in [-0.2, -0.15) is 0 Å². The maximum Gasteiger partial charge on any atom is 0.233 e. The number of sulfonamides is 1. The molecule has 3 aromatic rings. The number of unbranched alkanes of at least 4 members (excludes halogenated alkanes) is 1. The van der Waals surface area contributed by atoms with E-state index in [4.69, 9.17) is 0 Å². The van der Waals surface area contributed by atoms with Crippen molar-refractivity contribution >= 4 is 27.7 Å². The van der Waals surface area contributed by atoms with Crippen molar-refractivity contribution in [1.29, 1.82) is 0 Å². The van der Waals surface area contributed by atoms with E-state index in [0.717, 1.165) is 22.9 Å². The summed E-state index contributed by atoms with van der Waals surface area (Å²) in [5, 5.41) is 39.5. The molecular formula is C35H39FN2O7S. The molecule has 0 spiro atoms. The lowest BCUT2D eigenvalue weighted by molar-refractivity contribution is -0.131. The third kappa shape index (κ3) is 9.33. The normalized spacial score (nSPS) is 17.4. The van der Waals surface area contributed by atoms with Crippen LogP contribution >= 0.6 is 0 Å². The van der Waals surface area contributed by atoms with Crippen LogP contribution < -0.4 is 9.62 Å². The van der Waals surface area contributed by atoms with E-state index in [1.165, 1.54) is 30.3 Å². The molecule has 0 saturated carbocycles. The summed E-state index contributed by atoms with van der Waals surface area (Å²) < 4.78 is 38.1. The first-order chi connectivity index (χ1) is 21.9. The summed E-state index contributed by atoms with van der Waals surface area (Å²) in [6, 6.07) is 20.0. The van der Waals surface area contributed by atoms with Crippen LogP contribution in [0.15, 0.2) is 78.9 Å². The smallest absolute Gasteiger partial charge is 0.233 e. The summed E-state index contributed by atoms with van der Waals surface area (Å²) in [4.78, 5) is 15.3. The van der Waals surface area contributed by atoms with E-state index in [9.17, 15) is 38.0 Å². The Bertz CT molecular complexity index is 1660. The van der Waals surface area contributed by atoms with Gasteiger partial charge >= 0.3 is 0 Å². The Morgan fingerprint density at radius 3 is 2.28 bits per heavy atom. The molecule has 4 rings (SSSR count). The molecule has 1 heterocycles. The van der Waals surface area contributed by atoms with Gasteiger partial charge in [0.2, 0.25) is 15.9 Å². The lowest BCUT2D eigenvalue weighted by atomic mass is 9.78. The lowest BCUT2D eigenvalue weighted by Crippen LogP contribution is -2.55. The number of β-lactam (4-membered cyclic amide) rings is 1. The highest BCUT2D eigenvalue weighted by atomic mass is 32.2. The second kappa shape index (κ2) is 15.6. The Balaban J connectivity index is 1.50. The number of nitrogens with zero attached hydrogens (tertiary/aromatic N) is 1. The Morgan fingerprint density at radius 2 is 1.67 bits per heavy atom. The quantitative estimate of drug-likeness (QED) is 0.102. The van der Waals surface area contributed by atoms with Crippen LogP contribution in [-0.2, 0) is 14.8 Å². The Labute approximate surface area is 269 Å². The zero-order chi connectivity index (χ0) is 33.3. The summed E-state index contributed by atoms with van der Waals surface area (Å²) in [6.07, 6.45) is 4.99. The molecule has 11 heteroatoms. The number of anilines is 1. The third-order valence-electron chi connectivity index (χ3n) is 7.85. The van der Waals surface area contributed by atoms with E-state index in [-0.39, 0.29) is 11.9 Å². The third-order valence-corrected chi connectivity index (χ3v) is 8.58. The van der Waals surface area contributed by atoms with E-state index in [1.807, 2.05) is 48.5 Å². The second-order valence-electron chi connectivity index (χ2n) is 11.4. The Morgan fingerprint density at radius 1 is 1.02 bits per heavy atom. The number of benzene rings is 3. The van der Waals surface area contributed by atoms with E-state index in [0.29, 0.717) is 43.5 Å². The van der Waals surface area contributed by atoms with Gasteiger partial charge in [0.05, 0.1) is 37.5 Å². The molecule has 5 N–H and O–H groups in total. The number of rotatable bonds is 14. The molecule has 0 unspecified atom stereocenters. The zero-order valence-electron chi connectivity index (χ0n) is 25.5. The number of hydrogen-bond donors (Lipinski definition) is 5. The Hall–Kier alpha value is -3.89. The van der Waals surface area contributed by atoms with Gasteiger partial charge in [0.15, 0.2) is 0 Å². The SMILES string of the molecule is CS(=O)(=O)NCCCC#Cc1ccc(N2C(=O)[C@H](CC[C@H](O)c3ccc(F)cc3)[C@H]2c2ccc(/C=C/C(O)(CO)CO)cc2)cc1. The second-order valence-corrected chi connectivity index (χ2v) is 13.3. The average molecular weight is 651 g/mol. The first-order valence-corrected chi connectivity index (χ1v) is 16.9. The van der Waals surface area contributed by atoms with E-state index in [2.05, 4.69) is 16.6 Å². The van der Waals surface area contributed by atoms with Crippen LogP contribution in [-0.4, -0.2) is 66.4 Å². The van der Waals surface area contributed by atoms with Crippen molar-refractivity contribution in [1.82, 2.24) is 4.72 Å². The molecule has 3 aromatic carbocycles. The van der Waals surface area contributed by atoms with E-state index < -0.39 is 46.7 Å². The van der Waals surface area contributed by atoms with Crippen molar-refractivity contribution in [3.8, 4) is 11.8 Å². The first kappa shape index (κ1) is 35.0. The van der Waals surface area contributed by atoms with Gasteiger partial charge in [-0.25, -0.2) is 17.5 Å². The number of carbonyl (C=O) groups excluding carboxylic acids is 1. The number of aliphatic hydroxyl groups is 4. The van der Waals surface area contributed by atoms with Crippen molar-refractivity contribution < 1.29 is 38.0 Å². The highest BCUT2D eigenvalue weighted by Crippen LogP contribution is 2.46. The highest BCUT2D eigenvalue weighted by molar-refractivity contribution is 7.88. The summed E-state index contributed by atoms with van der Waals surface area (Å²) in [5.74, 6) is 5.20. The number of nitrogens with one attached hydrogen (secondary N) is 1. The lowest BCUT2D eigenvalue weighted by Gasteiger charge is -2.48. The van der Waals surface area contributed by atoms with Gasteiger partial charge in [-0.15, -0.1) is 0 Å². The van der Waals surface area contributed by atoms with Gasteiger partial charge in [-0.05, 0) is 78.4 Å². The molecule has 244 valence electrons. The van der Waals surface area contributed by atoms with Gasteiger partial charge < -0.3 is 25.3 Å². The summed E-state index contributed by atoms with van der Waals surface area (Å²) in [5.41, 5.74) is 1.87. The van der Waals surface area contributed by atoms with Crippen molar-refractivity contribution in [3.63, 3.8) is 0 Å². The molecule has 1 aliphatic heterocycles. The molecule has 0 radical (unpaired) electrons. The van der Waals surface area contributed by atoms with Gasteiger partial charge in [-0.3, -0.25) is 4.79 Å². The summed E-state index contributed by atoms with van der Waals surface area (Å²) in [6.45, 7) is -0.941. The molecule has 1 fully saturated rings. The minimum absolute atomic E-state index is 0.0894. The van der Waals surface area contributed by atoms with Crippen LogP contribution in [0.3, 0.4) is 0 Å². The predicted molar refractivity (Wildman–Crippen MR) is 174 cm³/mol. The zero-order valence-corrected chi connectivity index (χ0v) is 26.3.